The van der Waals surface area contributed by atoms with E-state index in [2.05, 4.69) is 9.97 Å². The number of nitrogens with one attached hydrogen (secondary N) is 1. The summed E-state index contributed by atoms with van der Waals surface area (Å²) in [5.41, 5.74) is 3.30. The van der Waals surface area contributed by atoms with Crippen molar-refractivity contribution in [1.29, 1.82) is 0 Å². The molecule has 0 fully saturated rings. The van der Waals surface area contributed by atoms with Crippen molar-refractivity contribution < 1.29 is 4.39 Å². The fraction of sp³-hybridized carbons (Fsp3) is 0. The molecule has 4 nitrogen and oxygen atoms in total. The van der Waals surface area contributed by atoms with Crippen LogP contribution in [-0.2, 0) is 0 Å². The SMILES string of the molecule is Fc1ccccc1-c1nc(-c2nc3cc(Cl)c(Cl)cc3[nH]2)c2ccccn12. The van der Waals surface area contributed by atoms with Gasteiger partial charge in [-0.2, -0.15) is 0 Å². The standard InChI is InChI=1S/C20H11Cl2FN4/c21-12-9-15-16(10-13(12)22)25-19(24-15)18-17-7-3-4-8-27(17)20(26-18)11-5-1-2-6-14(11)23/h1-10H,(H,24,25). The maximum absolute atomic E-state index is 14.4. The Bertz CT molecular complexity index is 1280. The quantitative estimate of drug-likeness (QED) is 0.398. The van der Waals surface area contributed by atoms with Gasteiger partial charge in [0, 0.05) is 6.20 Å². The molecule has 0 aliphatic carbocycles. The molecule has 0 bridgehead atoms. The number of aromatic nitrogens is 4. The van der Waals surface area contributed by atoms with Crippen LogP contribution >= 0.6 is 23.2 Å². The fourth-order valence-electron chi connectivity index (χ4n) is 3.16. The number of rotatable bonds is 2. The van der Waals surface area contributed by atoms with E-state index in [4.69, 9.17) is 28.2 Å². The van der Waals surface area contributed by atoms with Gasteiger partial charge in [-0.25, -0.2) is 14.4 Å². The molecule has 132 valence electrons. The van der Waals surface area contributed by atoms with Crippen molar-refractivity contribution in [2.24, 2.45) is 0 Å². The van der Waals surface area contributed by atoms with Crippen molar-refractivity contribution in [1.82, 2.24) is 19.4 Å². The number of benzene rings is 2. The van der Waals surface area contributed by atoms with Gasteiger partial charge in [0.2, 0.25) is 0 Å². The molecular formula is C20H11Cl2FN4. The second-order valence-corrected chi connectivity index (χ2v) is 6.90. The summed E-state index contributed by atoms with van der Waals surface area (Å²) in [6.07, 6.45) is 1.85. The van der Waals surface area contributed by atoms with Crippen molar-refractivity contribution in [3.63, 3.8) is 0 Å². The van der Waals surface area contributed by atoms with Crippen LogP contribution in [0.1, 0.15) is 0 Å². The van der Waals surface area contributed by atoms with Crippen molar-refractivity contribution in [3.8, 4) is 22.9 Å². The fourth-order valence-corrected chi connectivity index (χ4v) is 3.48. The number of aromatic amines is 1. The van der Waals surface area contributed by atoms with Gasteiger partial charge in [-0.1, -0.05) is 41.4 Å². The monoisotopic (exact) mass is 396 g/mol. The Hall–Kier alpha value is -2.89. The molecule has 0 spiro atoms. The van der Waals surface area contributed by atoms with Gasteiger partial charge in [0.1, 0.15) is 17.3 Å². The first kappa shape index (κ1) is 16.3. The van der Waals surface area contributed by atoms with Crippen molar-refractivity contribution in [2.75, 3.05) is 0 Å². The van der Waals surface area contributed by atoms with E-state index in [1.165, 1.54) is 6.07 Å². The minimum absolute atomic E-state index is 0.331. The second-order valence-electron chi connectivity index (χ2n) is 6.09. The Morgan fingerprint density at radius 2 is 1.70 bits per heavy atom. The van der Waals surface area contributed by atoms with E-state index in [0.717, 1.165) is 11.0 Å². The zero-order valence-corrected chi connectivity index (χ0v) is 15.3. The van der Waals surface area contributed by atoms with E-state index >= 15 is 0 Å². The highest BCUT2D eigenvalue weighted by atomic mass is 35.5. The number of nitrogens with zero attached hydrogens (tertiary/aromatic N) is 3. The molecule has 0 saturated carbocycles. The zero-order valence-electron chi connectivity index (χ0n) is 13.7. The molecule has 0 atom stereocenters. The number of fused-ring (bicyclic) bond motifs is 2. The van der Waals surface area contributed by atoms with Crippen molar-refractivity contribution >= 4 is 39.8 Å². The van der Waals surface area contributed by atoms with Crippen LogP contribution in [0.25, 0.3) is 39.5 Å². The molecule has 5 aromatic rings. The first-order chi connectivity index (χ1) is 13.1. The smallest absolute Gasteiger partial charge is 0.159 e. The molecule has 5 rings (SSSR count). The third kappa shape index (κ3) is 2.59. The number of halogens is 3. The molecule has 3 aromatic heterocycles. The first-order valence-electron chi connectivity index (χ1n) is 8.19. The Morgan fingerprint density at radius 1 is 0.926 bits per heavy atom. The highest BCUT2D eigenvalue weighted by Gasteiger charge is 2.19. The highest BCUT2D eigenvalue weighted by molar-refractivity contribution is 6.42. The van der Waals surface area contributed by atoms with Crippen LogP contribution < -0.4 is 0 Å². The Kier molecular flexibility index (Phi) is 3.67. The molecule has 27 heavy (non-hydrogen) atoms. The number of pyridine rings is 1. The normalized spacial score (nSPS) is 11.5. The van der Waals surface area contributed by atoms with E-state index in [0.29, 0.717) is 38.5 Å². The summed E-state index contributed by atoms with van der Waals surface area (Å²) in [5.74, 6) is 0.743. The van der Waals surface area contributed by atoms with E-state index < -0.39 is 0 Å². The van der Waals surface area contributed by atoms with Crippen LogP contribution in [0.2, 0.25) is 10.0 Å². The average molecular weight is 397 g/mol. The number of hydrogen-bond acceptors (Lipinski definition) is 2. The van der Waals surface area contributed by atoms with Crippen molar-refractivity contribution in [2.45, 2.75) is 0 Å². The molecule has 0 radical (unpaired) electrons. The largest absolute Gasteiger partial charge is 0.337 e. The van der Waals surface area contributed by atoms with Gasteiger partial charge in [-0.15, -0.1) is 0 Å². The third-order valence-electron chi connectivity index (χ3n) is 4.41. The Balaban J connectivity index is 1.78. The molecule has 0 aliphatic rings. The zero-order chi connectivity index (χ0) is 18.5. The van der Waals surface area contributed by atoms with Gasteiger partial charge >= 0.3 is 0 Å². The summed E-state index contributed by atoms with van der Waals surface area (Å²) in [5, 5.41) is 0.880. The Morgan fingerprint density at radius 3 is 2.56 bits per heavy atom. The van der Waals surface area contributed by atoms with Gasteiger partial charge < -0.3 is 4.98 Å². The van der Waals surface area contributed by atoms with Crippen LogP contribution in [0.3, 0.4) is 0 Å². The van der Waals surface area contributed by atoms with Gasteiger partial charge in [-0.3, -0.25) is 4.40 Å². The molecule has 0 aliphatic heterocycles. The summed E-state index contributed by atoms with van der Waals surface area (Å²) in [4.78, 5) is 12.5. The molecule has 0 amide bonds. The predicted molar refractivity (Wildman–Crippen MR) is 106 cm³/mol. The van der Waals surface area contributed by atoms with Crippen LogP contribution in [0.5, 0.6) is 0 Å². The summed E-state index contributed by atoms with van der Waals surface area (Å²) in [7, 11) is 0. The van der Waals surface area contributed by atoms with E-state index in [9.17, 15) is 4.39 Å². The number of imidazole rings is 2. The van der Waals surface area contributed by atoms with Gasteiger partial charge in [0.15, 0.2) is 5.82 Å². The topological polar surface area (TPSA) is 46.0 Å². The van der Waals surface area contributed by atoms with Crippen LogP contribution in [-0.4, -0.2) is 19.4 Å². The summed E-state index contributed by atoms with van der Waals surface area (Å²) in [6, 6.07) is 15.7. The summed E-state index contributed by atoms with van der Waals surface area (Å²) in [6.45, 7) is 0. The van der Waals surface area contributed by atoms with Crippen LogP contribution in [0.4, 0.5) is 4.39 Å². The molecule has 0 saturated heterocycles. The maximum atomic E-state index is 14.4. The van der Waals surface area contributed by atoms with Gasteiger partial charge in [-0.05, 0) is 36.4 Å². The molecule has 1 N–H and O–H groups in total. The lowest BCUT2D eigenvalue weighted by Crippen LogP contribution is -1.91. The minimum atomic E-state index is -0.331. The lowest BCUT2D eigenvalue weighted by molar-refractivity contribution is 0.630. The van der Waals surface area contributed by atoms with Gasteiger partial charge in [0.05, 0.1) is 32.2 Å². The lowest BCUT2D eigenvalue weighted by atomic mass is 10.2. The molecule has 2 aromatic carbocycles. The Labute approximate surface area is 163 Å². The third-order valence-corrected chi connectivity index (χ3v) is 5.13. The second kappa shape index (κ2) is 6.08. The number of hydrogen-bond donors (Lipinski definition) is 1. The lowest BCUT2D eigenvalue weighted by Gasteiger charge is -2.01. The summed E-state index contributed by atoms with van der Waals surface area (Å²) < 4.78 is 16.2. The number of H-pyrrole nitrogens is 1. The average Bonchev–Trinajstić information content (AvgIpc) is 3.24. The maximum Gasteiger partial charge on any atom is 0.159 e. The van der Waals surface area contributed by atoms with E-state index in [-0.39, 0.29) is 5.82 Å². The van der Waals surface area contributed by atoms with E-state index in [1.807, 2.05) is 28.8 Å². The highest BCUT2D eigenvalue weighted by Crippen LogP contribution is 2.32. The van der Waals surface area contributed by atoms with Crippen molar-refractivity contribution in [3.05, 3.63) is 76.7 Å². The van der Waals surface area contributed by atoms with Gasteiger partial charge in [0.25, 0.3) is 0 Å². The minimum Gasteiger partial charge on any atom is -0.337 e. The summed E-state index contributed by atoms with van der Waals surface area (Å²) >= 11 is 12.2. The van der Waals surface area contributed by atoms with Crippen LogP contribution in [0.15, 0.2) is 60.8 Å². The van der Waals surface area contributed by atoms with Crippen LogP contribution in [0, 0.1) is 5.82 Å². The molecule has 0 unspecified atom stereocenters. The van der Waals surface area contributed by atoms with E-state index in [1.54, 1.807) is 30.3 Å². The molecule has 3 heterocycles. The molecule has 7 heteroatoms. The molecular weight excluding hydrogens is 386 g/mol. The first-order valence-corrected chi connectivity index (χ1v) is 8.94. The predicted octanol–water partition coefficient (Wildman–Crippen LogP) is 5.99.